The van der Waals surface area contributed by atoms with Gasteiger partial charge in [-0.3, -0.25) is 9.59 Å². The third kappa shape index (κ3) is 6.63. The fourth-order valence-corrected chi connectivity index (χ4v) is 4.60. The van der Waals surface area contributed by atoms with Gasteiger partial charge in [0.1, 0.15) is 5.75 Å². The summed E-state index contributed by atoms with van der Waals surface area (Å²) in [6.07, 6.45) is 0. The van der Waals surface area contributed by atoms with E-state index in [0.29, 0.717) is 32.8 Å². The number of rotatable bonds is 7. The van der Waals surface area contributed by atoms with Crippen molar-refractivity contribution in [2.24, 2.45) is 0 Å². The zero-order chi connectivity index (χ0) is 27.4. The van der Waals surface area contributed by atoms with Crippen LogP contribution in [0.1, 0.15) is 36.7 Å². The second-order valence-corrected chi connectivity index (χ2v) is 11.1. The van der Waals surface area contributed by atoms with E-state index < -0.39 is 5.91 Å². The molecule has 9 nitrogen and oxygen atoms in total. The maximum absolute atomic E-state index is 12.6. The average molecular weight is 571 g/mol. The first-order valence-corrected chi connectivity index (χ1v) is 13.2. The van der Waals surface area contributed by atoms with Gasteiger partial charge >= 0.3 is 0 Å². The second kappa shape index (κ2) is 11.4. The molecule has 1 aromatic heterocycles. The number of hydrogen-bond acceptors (Lipinski definition) is 7. The Morgan fingerprint density at radius 1 is 1.00 bits per heavy atom. The summed E-state index contributed by atoms with van der Waals surface area (Å²) < 4.78 is 1.49. The Bertz CT molecular complexity index is 1500. The fourth-order valence-electron chi connectivity index (χ4n) is 3.43. The zero-order valence-corrected chi connectivity index (χ0v) is 23.0. The fraction of sp³-hybridized carbons (Fsp3) is 0.192. The zero-order valence-electron chi connectivity index (χ0n) is 20.7. The Balaban J connectivity index is 1.38. The lowest BCUT2D eigenvalue weighted by atomic mass is 9.87. The molecule has 38 heavy (non-hydrogen) atoms. The summed E-state index contributed by atoms with van der Waals surface area (Å²) in [5.74, 6) is -0.722. The summed E-state index contributed by atoms with van der Waals surface area (Å²) in [7, 11) is 0. The molecule has 4 rings (SSSR count). The lowest BCUT2D eigenvalue weighted by Gasteiger charge is -2.20. The number of halogens is 2. The number of benzene rings is 3. The molecular formula is C26H24Cl2N6O3S. The van der Waals surface area contributed by atoms with Gasteiger partial charge in [-0.05, 0) is 69.9 Å². The van der Waals surface area contributed by atoms with Crippen molar-refractivity contribution >= 4 is 58.2 Å². The number of aromatic hydroxyl groups is 1. The smallest absolute Gasteiger partial charge is 0.255 e. The summed E-state index contributed by atoms with van der Waals surface area (Å²) in [6, 6.07) is 16.4. The summed E-state index contributed by atoms with van der Waals surface area (Å²) in [5, 5.41) is 27.9. The number of aromatic nitrogens is 4. The minimum Gasteiger partial charge on any atom is -0.508 e. The third-order valence-electron chi connectivity index (χ3n) is 5.42. The predicted molar refractivity (Wildman–Crippen MR) is 150 cm³/mol. The first-order chi connectivity index (χ1) is 18.0. The van der Waals surface area contributed by atoms with Crippen LogP contribution in [0.3, 0.4) is 0 Å². The molecule has 0 fully saturated rings. The number of phenols is 1. The number of nitrogens with one attached hydrogen (secondary N) is 2. The highest BCUT2D eigenvalue weighted by Gasteiger charge is 2.19. The largest absolute Gasteiger partial charge is 0.508 e. The predicted octanol–water partition coefficient (Wildman–Crippen LogP) is 5.96. The number of carbonyl (C=O) groups excluding carboxylic acids is 2. The minimum absolute atomic E-state index is 0.0119. The highest BCUT2D eigenvalue weighted by Crippen LogP contribution is 2.31. The molecule has 0 atom stereocenters. The molecule has 3 aromatic carbocycles. The highest BCUT2D eigenvalue weighted by atomic mass is 35.5. The van der Waals surface area contributed by atoms with Crippen LogP contribution in [0.4, 0.5) is 11.4 Å². The molecule has 196 valence electrons. The summed E-state index contributed by atoms with van der Waals surface area (Å²) in [5.41, 5.74) is 2.74. The number of anilines is 2. The van der Waals surface area contributed by atoms with Crippen LogP contribution in [-0.4, -0.2) is 42.9 Å². The number of hydrogen-bond donors (Lipinski definition) is 3. The molecule has 0 saturated heterocycles. The summed E-state index contributed by atoms with van der Waals surface area (Å²) in [6.45, 7) is 6.30. The van der Waals surface area contributed by atoms with Crippen LogP contribution in [0.15, 0.2) is 65.8 Å². The van der Waals surface area contributed by atoms with E-state index in [9.17, 15) is 14.7 Å². The molecule has 4 aromatic rings. The second-order valence-electron chi connectivity index (χ2n) is 9.33. The van der Waals surface area contributed by atoms with Gasteiger partial charge in [-0.2, -0.15) is 4.68 Å². The number of nitrogens with zero attached hydrogens (tertiary/aromatic N) is 4. The number of carbonyl (C=O) groups is 2. The van der Waals surface area contributed by atoms with E-state index in [1.54, 1.807) is 24.3 Å². The lowest BCUT2D eigenvalue weighted by molar-refractivity contribution is -0.113. The van der Waals surface area contributed by atoms with E-state index in [-0.39, 0.29) is 27.8 Å². The Morgan fingerprint density at radius 3 is 2.47 bits per heavy atom. The molecule has 3 N–H and O–H groups in total. The number of tetrazole rings is 1. The van der Waals surface area contributed by atoms with Gasteiger partial charge < -0.3 is 15.7 Å². The molecule has 0 aliphatic rings. The molecule has 0 aliphatic heterocycles. The molecule has 12 heteroatoms. The number of thioether (sulfide) groups is 1. The topological polar surface area (TPSA) is 122 Å². The first kappa shape index (κ1) is 27.4. The van der Waals surface area contributed by atoms with Crippen molar-refractivity contribution in [2.75, 3.05) is 16.4 Å². The van der Waals surface area contributed by atoms with Gasteiger partial charge in [-0.1, -0.05) is 67.9 Å². The monoisotopic (exact) mass is 570 g/mol. The Morgan fingerprint density at radius 2 is 1.79 bits per heavy atom. The maximum atomic E-state index is 12.6. The van der Waals surface area contributed by atoms with Crippen molar-refractivity contribution in [3.8, 4) is 11.4 Å². The molecule has 0 spiro atoms. The lowest BCUT2D eigenvalue weighted by Crippen LogP contribution is -2.15. The van der Waals surface area contributed by atoms with Crippen molar-refractivity contribution in [3.63, 3.8) is 0 Å². The molecule has 1 heterocycles. The third-order valence-corrected chi connectivity index (χ3v) is 6.96. The van der Waals surface area contributed by atoms with Crippen molar-refractivity contribution < 1.29 is 14.7 Å². The normalized spacial score (nSPS) is 11.3. The van der Waals surface area contributed by atoms with Crippen LogP contribution in [0.5, 0.6) is 5.75 Å². The van der Waals surface area contributed by atoms with Crippen LogP contribution in [0, 0.1) is 0 Å². The van der Waals surface area contributed by atoms with E-state index in [0.717, 1.165) is 17.3 Å². The van der Waals surface area contributed by atoms with Crippen LogP contribution >= 0.6 is 35.0 Å². The molecule has 0 aliphatic carbocycles. The Hall–Kier alpha value is -3.60. The van der Waals surface area contributed by atoms with E-state index in [1.165, 1.54) is 22.9 Å². The van der Waals surface area contributed by atoms with E-state index in [4.69, 9.17) is 23.2 Å². The van der Waals surface area contributed by atoms with Gasteiger partial charge in [0, 0.05) is 11.3 Å². The molecule has 0 saturated carbocycles. The van der Waals surface area contributed by atoms with E-state index in [2.05, 4.69) is 46.9 Å². The van der Waals surface area contributed by atoms with Crippen molar-refractivity contribution in [3.05, 3.63) is 81.8 Å². The Labute approximate surface area is 233 Å². The van der Waals surface area contributed by atoms with Crippen LogP contribution in [0.2, 0.25) is 10.0 Å². The van der Waals surface area contributed by atoms with Crippen LogP contribution in [-0.2, 0) is 10.2 Å². The standard InChI is InChI=1S/C26H24Cl2N6O3S/c1-26(2,3)16-7-10-22(20(28)12-16)34-25(31-32-33-34)38-14-23(36)30-21-9-8-17(13-19(21)27)29-24(37)15-5-4-6-18(35)11-15/h4-13,35H,14H2,1-3H3,(H,29,37)(H,30,36). The van der Waals surface area contributed by atoms with Crippen molar-refractivity contribution in [1.29, 1.82) is 0 Å². The maximum Gasteiger partial charge on any atom is 0.255 e. The highest BCUT2D eigenvalue weighted by molar-refractivity contribution is 7.99. The van der Waals surface area contributed by atoms with E-state index in [1.807, 2.05) is 18.2 Å². The van der Waals surface area contributed by atoms with E-state index >= 15 is 0 Å². The molecule has 0 unspecified atom stereocenters. The summed E-state index contributed by atoms with van der Waals surface area (Å²) in [4.78, 5) is 25.0. The SMILES string of the molecule is CC(C)(C)c1ccc(-n2nnnc2SCC(=O)Nc2ccc(NC(=O)c3cccc(O)c3)cc2Cl)c(Cl)c1. The van der Waals surface area contributed by atoms with Gasteiger partial charge in [0.2, 0.25) is 11.1 Å². The Kier molecular flexibility index (Phi) is 8.25. The van der Waals surface area contributed by atoms with Gasteiger partial charge in [-0.15, -0.1) is 5.10 Å². The average Bonchev–Trinajstić information content (AvgIpc) is 3.32. The van der Waals surface area contributed by atoms with Gasteiger partial charge in [0.15, 0.2) is 0 Å². The van der Waals surface area contributed by atoms with Crippen molar-refractivity contribution in [1.82, 2.24) is 20.2 Å². The number of amides is 2. The quantitative estimate of drug-likeness (QED) is 0.234. The number of phenolic OH excluding ortho intramolecular Hbond substituents is 1. The molecule has 0 bridgehead atoms. The molecule has 0 radical (unpaired) electrons. The summed E-state index contributed by atoms with van der Waals surface area (Å²) >= 11 is 14.0. The van der Waals surface area contributed by atoms with Crippen LogP contribution in [0.25, 0.3) is 5.69 Å². The van der Waals surface area contributed by atoms with Gasteiger partial charge in [0.25, 0.3) is 5.91 Å². The van der Waals surface area contributed by atoms with Gasteiger partial charge in [-0.25, -0.2) is 0 Å². The molecule has 2 amide bonds. The minimum atomic E-state index is -0.406. The van der Waals surface area contributed by atoms with Gasteiger partial charge in [0.05, 0.1) is 27.2 Å². The van der Waals surface area contributed by atoms with Crippen molar-refractivity contribution in [2.45, 2.75) is 31.3 Å². The first-order valence-electron chi connectivity index (χ1n) is 11.4. The molecular weight excluding hydrogens is 547 g/mol. The van der Waals surface area contributed by atoms with Crippen LogP contribution < -0.4 is 10.6 Å².